The van der Waals surface area contributed by atoms with Gasteiger partial charge in [0.2, 0.25) is 0 Å². The summed E-state index contributed by atoms with van der Waals surface area (Å²) >= 11 is 0. The van der Waals surface area contributed by atoms with Crippen LogP contribution in [-0.2, 0) is 0 Å². The SMILES string of the molecule is CCOc1ccc(NC(=O)NCCNC(=O)c2ccc(C)c(F)c2)cc1. The first kappa shape index (κ1) is 19.2. The molecule has 0 fully saturated rings. The van der Waals surface area contributed by atoms with Crippen molar-refractivity contribution in [2.45, 2.75) is 13.8 Å². The third-order valence-corrected chi connectivity index (χ3v) is 3.55. The van der Waals surface area contributed by atoms with Gasteiger partial charge in [0.15, 0.2) is 0 Å². The third kappa shape index (κ3) is 5.77. The fourth-order valence-corrected chi connectivity index (χ4v) is 2.16. The molecule has 2 rings (SSSR count). The van der Waals surface area contributed by atoms with E-state index in [0.29, 0.717) is 17.9 Å². The fraction of sp³-hybridized carbons (Fsp3) is 0.263. The predicted molar refractivity (Wildman–Crippen MR) is 98.1 cm³/mol. The maximum absolute atomic E-state index is 13.5. The van der Waals surface area contributed by atoms with Crippen LogP contribution >= 0.6 is 0 Å². The predicted octanol–water partition coefficient (Wildman–Crippen LogP) is 3.08. The highest BCUT2D eigenvalue weighted by Crippen LogP contribution is 2.15. The molecule has 0 unspecified atom stereocenters. The summed E-state index contributed by atoms with van der Waals surface area (Å²) in [5, 5.41) is 7.93. The molecule has 0 aromatic heterocycles. The molecule has 0 heterocycles. The Morgan fingerprint density at radius 1 is 1.04 bits per heavy atom. The summed E-state index contributed by atoms with van der Waals surface area (Å²) in [4.78, 5) is 23.7. The second-order valence-electron chi connectivity index (χ2n) is 5.56. The zero-order chi connectivity index (χ0) is 18.9. The van der Waals surface area contributed by atoms with E-state index in [0.717, 1.165) is 5.75 Å². The number of benzene rings is 2. The first-order valence-corrected chi connectivity index (χ1v) is 8.31. The van der Waals surface area contributed by atoms with E-state index in [9.17, 15) is 14.0 Å². The van der Waals surface area contributed by atoms with Crippen LogP contribution in [0.2, 0.25) is 0 Å². The van der Waals surface area contributed by atoms with Crippen LogP contribution in [0.3, 0.4) is 0 Å². The van der Waals surface area contributed by atoms with Gasteiger partial charge in [-0.2, -0.15) is 0 Å². The Hall–Kier alpha value is -3.09. The van der Waals surface area contributed by atoms with Gasteiger partial charge in [-0.15, -0.1) is 0 Å². The normalized spacial score (nSPS) is 10.1. The van der Waals surface area contributed by atoms with Crippen molar-refractivity contribution in [3.05, 3.63) is 59.4 Å². The lowest BCUT2D eigenvalue weighted by Crippen LogP contribution is -2.36. The molecule has 26 heavy (non-hydrogen) atoms. The van der Waals surface area contributed by atoms with Crippen molar-refractivity contribution in [1.82, 2.24) is 10.6 Å². The van der Waals surface area contributed by atoms with E-state index in [2.05, 4.69) is 16.0 Å². The number of rotatable bonds is 7. The highest BCUT2D eigenvalue weighted by molar-refractivity contribution is 5.94. The summed E-state index contributed by atoms with van der Waals surface area (Å²) in [6.07, 6.45) is 0. The molecular formula is C19H22FN3O3. The molecule has 0 saturated heterocycles. The first-order valence-electron chi connectivity index (χ1n) is 8.31. The minimum atomic E-state index is -0.425. The van der Waals surface area contributed by atoms with E-state index < -0.39 is 11.7 Å². The number of halogens is 1. The summed E-state index contributed by atoms with van der Waals surface area (Å²) < 4.78 is 18.8. The van der Waals surface area contributed by atoms with E-state index >= 15 is 0 Å². The summed E-state index contributed by atoms with van der Waals surface area (Å²) in [5.74, 6) is -0.0863. The highest BCUT2D eigenvalue weighted by Gasteiger charge is 2.08. The van der Waals surface area contributed by atoms with Crippen LogP contribution in [-0.4, -0.2) is 31.6 Å². The number of aryl methyl sites for hydroxylation is 1. The van der Waals surface area contributed by atoms with Gasteiger partial charge in [-0.05, 0) is 55.8 Å². The molecule has 0 bridgehead atoms. The van der Waals surface area contributed by atoms with E-state index in [-0.39, 0.29) is 24.7 Å². The van der Waals surface area contributed by atoms with Gasteiger partial charge in [-0.1, -0.05) is 6.07 Å². The van der Waals surface area contributed by atoms with Crippen molar-refractivity contribution in [2.75, 3.05) is 25.0 Å². The molecule has 6 nitrogen and oxygen atoms in total. The van der Waals surface area contributed by atoms with Gasteiger partial charge in [0.05, 0.1) is 6.61 Å². The van der Waals surface area contributed by atoms with Crippen LogP contribution in [0, 0.1) is 12.7 Å². The average Bonchev–Trinajstić information content (AvgIpc) is 2.63. The van der Waals surface area contributed by atoms with Crippen molar-refractivity contribution < 1.29 is 18.7 Å². The van der Waals surface area contributed by atoms with Gasteiger partial charge in [0.25, 0.3) is 5.91 Å². The number of ether oxygens (including phenoxy) is 1. The maximum atomic E-state index is 13.5. The van der Waals surface area contributed by atoms with Gasteiger partial charge in [0, 0.05) is 24.3 Å². The number of carbonyl (C=O) groups excluding carboxylic acids is 2. The van der Waals surface area contributed by atoms with E-state index in [1.807, 2.05) is 6.92 Å². The molecule has 0 atom stereocenters. The lowest BCUT2D eigenvalue weighted by Gasteiger charge is -2.10. The number of anilines is 1. The van der Waals surface area contributed by atoms with Crippen molar-refractivity contribution in [1.29, 1.82) is 0 Å². The average molecular weight is 359 g/mol. The molecule has 3 amide bonds. The quantitative estimate of drug-likeness (QED) is 0.665. The lowest BCUT2D eigenvalue weighted by molar-refractivity contribution is 0.0953. The Kier molecular flexibility index (Phi) is 6.96. The molecule has 138 valence electrons. The molecule has 0 aliphatic heterocycles. The monoisotopic (exact) mass is 359 g/mol. The molecule has 0 spiro atoms. The Bertz CT molecular complexity index is 763. The van der Waals surface area contributed by atoms with E-state index in [1.165, 1.54) is 6.07 Å². The van der Waals surface area contributed by atoms with Crippen molar-refractivity contribution >= 4 is 17.6 Å². The molecule has 7 heteroatoms. The summed E-state index contributed by atoms with van der Waals surface area (Å²) in [6.45, 7) is 4.57. The molecule has 0 aliphatic rings. The van der Waals surface area contributed by atoms with Crippen LogP contribution in [0.1, 0.15) is 22.8 Å². The Balaban J connectivity index is 1.70. The standard InChI is InChI=1S/C19H22FN3O3/c1-3-26-16-8-6-15(7-9-16)23-19(25)22-11-10-21-18(24)14-5-4-13(2)17(20)12-14/h4-9,12H,3,10-11H2,1-2H3,(H,21,24)(H2,22,23,25). The van der Waals surface area contributed by atoms with Crippen LogP contribution in [0.25, 0.3) is 0 Å². The van der Waals surface area contributed by atoms with Gasteiger partial charge in [0.1, 0.15) is 11.6 Å². The second kappa shape index (κ2) is 9.41. The topological polar surface area (TPSA) is 79.5 Å². The number of amides is 3. The zero-order valence-electron chi connectivity index (χ0n) is 14.8. The van der Waals surface area contributed by atoms with E-state index in [4.69, 9.17) is 4.74 Å². The molecule has 3 N–H and O–H groups in total. The second-order valence-corrected chi connectivity index (χ2v) is 5.56. The molecule has 0 radical (unpaired) electrons. The number of hydrogen-bond donors (Lipinski definition) is 3. The van der Waals surface area contributed by atoms with Gasteiger partial charge >= 0.3 is 6.03 Å². The van der Waals surface area contributed by atoms with Gasteiger partial charge in [-0.3, -0.25) is 4.79 Å². The molecular weight excluding hydrogens is 337 g/mol. The summed E-state index contributed by atoms with van der Waals surface area (Å²) in [6, 6.07) is 10.9. The van der Waals surface area contributed by atoms with Crippen LogP contribution in [0.15, 0.2) is 42.5 Å². The first-order chi connectivity index (χ1) is 12.5. The molecule has 0 aliphatic carbocycles. The molecule has 2 aromatic carbocycles. The molecule has 0 saturated carbocycles. The zero-order valence-corrected chi connectivity index (χ0v) is 14.8. The van der Waals surface area contributed by atoms with Crippen LogP contribution < -0.4 is 20.7 Å². The number of nitrogens with one attached hydrogen (secondary N) is 3. The smallest absolute Gasteiger partial charge is 0.319 e. The third-order valence-electron chi connectivity index (χ3n) is 3.55. The van der Waals surface area contributed by atoms with Crippen LogP contribution in [0.4, 0.5) is 14.9 Å². The lowest BCUT2D eigenvalue weighted by atomic mass is 10.1. The Morgan fingerprint density at radius 2 is 1.73 bits per heavy atom. The van der Waals surface area contributed by atoms with Gasteiger partial charge < -0.3 is 20.7 Å². The van der Waals surface area contributed by atoms with Crippen molar-refractivity contribution in [3.8, 4) is 5.75 Å². The molecule has 2 aromatic rings. The van der Waals surface area contributed by atoms with E-state index in [1.54, 1.807) is 43.3 Å². The Morgan fingerprint density at radius 3 is 2.38 bits per heavy atom. The van der Waals surface area contributed by atoms with Crippen molar-refractivity contribution in [3.63, 3.8) is 0 Å². The van der Waals surface area contributed by atoms with Gasteiger partial charge in [-0.25, -0.2) is 9.18 Å². The number of hydrogen-bond acceptors (Lipinski definition) is 3. The van der Waals surface area contributed by atoms with Crippen LogP contribution in [0.5, 0.6) is 5.75 Å². The summed E-state index contributed by atoms with van der Waals surface area (Å²) in [5.41, 5.74) is 1.35. The minimum Gasteiger partial charge on any atom is -0.494 e. The minimum absolute atomic E-state index is 0.227. The maximum Gasteiger partial charge on any atom is 0.319 e. The number of urea groups is 1. The Labute approximate surface area is 151 Å². The summed E-state index contributed by atoms with van der Waals surface area (Å²) in [7, 11) is 0. The highest BCUT2D eigenvalue weighted by atomic mass is 19.1. The van der Waals surface area contributed by atoms with Crippen molar-refractivity contribution in [2.24, 2.45) is 0 Å². The largest absolute Gasteiger partial charge is 0.494 e. The number of carbonyl (C=O) groups is 2. The fourth-order valence-electron chi connectivity index (χ4n) is 2.16.